The van der Waals surface area contributed by atoms with Crippen LogP contribution in [-0.4, -0.2) is 33.4 Å². The van der Waals surface area contributed by atoms with Gasteiger partial charge < -0.3 is 10.1 Å². The quantitative estimate of drug-likeness (QED) is 0.421. The van der Waals surface area contributed by atoms with Crippen molar-refractivity contribution in [3.63, 3.8) is 0 Å². The van der Waals surface area contributed by atoms with Crippen LogP contribution < -0.4 is 14.4 Å². The van der Waals surface area contributed by atoms with E-state index in [1.807, 2.05) is 31.4 Å². The van der Waals surface area contributed by atoms with E-state index in [4.69, 9.17) is 4.74 Å². The first-order valence-corrected chi connectivity index (χ1v) is 13.2. The van der Waals surface area contributed by atoms with Gasteiger partial charge in [-0.15, -0.1) is 11.8 Å². The molecule has 0 aliphatic rings. The van der Waals surface area contributed by atoms with Gasteiger partial charge in [-0.2, -0.15) is 0 Å². The van der Waals surface area contributed by atoms with Crippen molar-refractivity contribution in [2.75, 3.05) is 28.7 Å². The Kier molecular flexibility index (Phi) is 7.99. The number of sulfonamides is 1. The summed E-state index contributed by atoms with van der Waals surface area (Å²) in [5.74, 6) is -0.328. The van der Waals surface area contributed by atoms with E-state index < -0.39 is 15.8 Å². The van der Waals surface area contributed by atoms with E-state index in [0.29, 0.717) is 34.9 Å². The number of benzene rings is 3. The molecule has 0 unspecified atom stereocenters. The number of halogens is 1. The van der Waals surface area contributed by atoms with Crippen LogP contribution in [0.25, 0.3) is 0 Å². The van der Waals surface area contributed by atoms with Gasteiger partial charge in [0, 0.05) is 21.7 Å². The maximum atomic E-state index is 13.4. The summed E-state index contributed by atoms with van der Waals surface area (Å²) >= 11 is 1.57. The number of thioether (sulfide) groups is 1. The molecule has 3 aromatic carbocycles. The van der Waals surface area contributed by atoms with Gasteiger partial charge in [0.2, 0.25) is 10.0 Å². The molecule has 3 rings (SSSR count). The number of rotatable bonds is 9. The Labute approximate surface area is 197 Å². The van der Waals surface area contributed by atoms with E-state index in [1.165, 1.54) is 24.3 Å². The van der Waals surface area contributed by atoms with Crippen molar-refractivity contribution in [3.05, 3.63) is 83.7 Å². The number of anilines is 2. The second kappa shape index (κ2) is 10.7. The molecule has 0 aromatic heterocycles. The van der Waals surface area contributed by atoms with Gasteiger partial charge in [0.15, 0.2) is 0 Å². The first-order valence-electron chi connectivity index (χ1n) is 10.2. The molecule has 0 bridgehead atoms. The molecule has 1 amide bonds. The highest BCUT2D eigenvalue weighted by Gasteiger charge is 2.21. The topological polar surface area (TPSA) is 75.7 Å². The summed E-state index contributed by atoms with van der Waals surface area (Å²) in [4.78, 5) is 13.9. The van der Waals surface area contributed by atoms with E-state index in [2.05, 4.69) is 5.32 Å². The van der Waals surface area contributed by atoms with Crippen molar-refractivity contribution in [3.8, 4) is 5.75 Å². The zero-order chi connectivity index (χ0) is 24.0. The van der Waals surface area contributed by atoms with Gasteiger partial charge in [-0.05, 0) is 73.8 Å². The summed E-state index contributed by atoms with van der Waals surface area (Å²) in [6.45, 7) is 2.11. The lowest BCUT2D eigenvalue weighted by molar-refractivity contribution is 0.102. The lowest BCUT2D eigenvalue weighted by atomic mass is 10.1. The Morgan fingerprint density at radius 2 is 1.82 bits per heavy atom. The van der Waals surface area contributed by atoms with Gasteiger partial charge in [0.1, 0.15) is 11.6 Å². The smallest absolute Gasteiger partial charge is 0.255 e. The Morgan fingerprint density at radius 3 is 2.45 bits per heavy atom. The lowest BCUT2D eigenvalue weighted by Gasteiger charge is -2.24. The molecule has 0 spiro atoms. The van der Waals surface area contributed by atoms with E-state index >= 15 is 0 Å². The number of hydrogen-bond donors (Lipinski definition) is 1. The molecule has 0 saturated heterocycles. The minimum Gasteiger partial charge on any atom is -0.494 e. The third kappa shape index (κ3) is 6.49. The SMILES string of the molecule is CCOc1ccc(C(=O)Nc2cccc(SC)c2)cc1CN(c1ccc(F)cc1)S(C)(=O)=O. The standard InChI is InChI=1S/C24H25FN2O4S2/c1-4-31-23-13-8-17(24(28)26-20-6-5-7-22(15-20)32-2)14-18(23)16-27(33(3,29)30)21-11-9-19(25)10-12-21/h5-15H,4,16H2,1-3H3,(H,26,28). The fourth-order valence-corrected chi connectivity index (χ4v) is 4.54. The largest absolute Gasteiger partial charge is 0.494 e. The summed E-state index contributed by atoms with van der Waals surface area (Å²) in [6, 6.07) is 17.6. The van der Waals surface area contributed by atoms with Crippen LogP contribution in [0, 0.1) is 5.82 Å². The Hall–Kier alpha value is -3.04. The molecule has 3 aromatic rings. The number of ether oxygens (including phenoxy) is 1. The minimum absolute atomic E-state index is 0.0805. The third-order valence-corrected chi connectivity index (χ3v) is 6.64. The molecule has 0 atom stereocenters. The fraction of sp³-hybridized carbons (Fsp3) is 0.208. The van der Waals surface area contributed by atoms with Gasteiger partial charge in [-0.1, -0.05) is 6.07 Å². The monoisotopic (exact) mass is 488 g/mol. The lowest BCUT2D eigenvalue weighted by Crippen LogP contribution is -2.29. The number of amides is 1. The zero-order valence-corrected chi connectivity index (χ0v) is 20.2. The zero-order valence-electron chi connectivity index (χ0n) is 18.5. The highest BCUT2D eigenvalue weighted by atomic mass is 32.2. The number of carbonyl (C=O) groups excluding carboxylic acids is 1. The normalized spacial score (nSPS) is 11.2. The first kappa shape index (κ1) is 24.6. The molecule has 0 aliphatic heterocycles. The third-order valence-electron chi connectivity index (χ3n) is 4.78. The highest BCUT2D eigenvalue weighted by molar-refractivity contribution is 7.98. The number of carbonyl (C=O) groups is 1. The predicted octanol–water partition coefficient (Wildman–Crippen LogP) is 5.16. The van der Waals surface area contributed by atoms with E-state index in [0.717, 1.165) is 15.5 Å². The van der Waals surface area contributed by atoms with Gasteiger partial charge in [-0.25, -0.2) is 12.8 Å². The molecule has 0 aliphatic carbocycles. The van der Waals surface area contributed by atoms with Crippen molar-refractivity contribution in [2.45, 2.75) is 18.4 Å². The fourth-order valence-electron chi connectivity index (χ4n) is 3.21. The summed E-state index contributed by atoms with van der Waals surface area (Å²) in [6.07, 6.45) is 3.03. The van der Waals surface area contributed by atoms with Crippen LogP contribution in [-0.2, 0) is 16.6 Å². The van der Waals surface area contributed by atoms with Crippen LogP contribution in [0.3, 0.4) is 0 Å². The summed E-state index contributed by atoms with van der Waals surface area (Å²) in [5, 5.41) is 2.87. The molecular weight excluding hydrogens is 463 g/mol. The van der Waals surface area contributed by atoms with Gasteiger partial charge >= 0.3 is 0 Å². The molecule has 0 fully saturated rings. The van der Waals surface area contributed by atoms with Crippen LogP contribution in [0.2, 0.25) is 0 Å². The van der Waals surface area contributed by atoms with E-state index in [1.54, 1.807) is 36.0 Å². The summed E-state index contributed by atoms with van der Waals surface area (Å²) < 4.78 is 45.2. The highest BCUT2D eigenvalue weighted by Crippen LogP contribution is 2.27. The summed E-state index contributed by atoms with van der Waals surface area (Å²) in [7, 11) is -3.70. The molecule has 0 radical (unpaired) electrons. The molecule has 1 N–H and O–H groups in total. The first-order chi connectivity index (χ1) is 15.7. The van der Waals surface area contributed by atoms with Crippen LogP contribution in [0.1, 0.15) is 22.8 Å². The van der Waals surface area contributed by atoms with Gasteiger partial charge in [0.05, 0.1) is 25.1 Å². The molecule has 6 nitrogen and oxygen atoms in total. The molecule has 33 heavy (non-hydrogen) atoms. The average molecular weight is 489 g/mol. The Morgan fingerprint density at radius 1 is 1.09 bits per heavy atom. The Bertz CT molecular complexity index is 1230. The van der Waals surface area contributed by atoms with E-state index in [9.17, 15) is 17.6 Å². The van der Waals surface area contributed by atoms with Crippen LogP contribution in [0.15, 0.2) is 71.6 Å². The molecule has 9 heteroatoms. The molecule has 0 saturated carbocycles. The van der Waals surface area contributed by atoms with Crippen molar-refractivity contribution in [1.82, 2.24) is 0 Å². The average Bonchev–Trinajstić information content (AvgIpc) is 2.78. The summed E-state index contributed by atoms with van der Waals surface area (Å²) in [5.41, 5.74) is 1.84. The van der Waals surface area contributed by atoms with Crippen molar-refractivity contribution in [1.29, 1.82) is 0 Å². The molecular formula is C24H25FN2O4S2. The van der Waals surface area contributed by atoms with Gasteiger partial charge in [0.25, 0.3) is 5.91 Å². The number of hydrogen-bond acceptors (Lipinski definition) is 5. The van der Waals surface area contributed by atoms with Crippen molar-refractivity contribution >= 4 is 39.1 Å². The van der Waals surface area contributed by atoms with Crippen LogP contribution in [0.5, 0.6) is 5.75 Å². The minimum atomic E-state index is -3.70. The molecule has 0 heterocycles. The van der Waals surface area contributed by atoms with Crippen molar-refractivity contribution in [2.24, 2.45) is 0 Å². The van der Waals surface area contributed by atoms with Gasteiger partial charge in [-0.3, -0.25) is 9.10 Å². The Balaban J connectivity index is 1.94. The predicted molar refractivity (Wildman–Crippen MR) is 131 cm³/mol. The van der Waals surface area contributed by atoms with Crippen LogP contribution >= 0.6 is 11.8 Å². The second-order valence-electron chi connectivity index (χ2n) is 7.19. The maximum absolute atomic E-state index is 13.4. The molecule has 174 valence electrons. The maximum Gasteiger partial charge on any atom is 0.255 e. The van der Waals surface area contributed by atoms with E-state index in [-0.39, 0.29) is 12.5 Å². The van der Waals surface area contributed by atoms with Crippen molar-refractivity contribution < 1.29 is 22.3 Å². The second-order valence-corrected chi connectivity index (χ2v) is 9.97. The van der Waals surface area contributed by atoms with Crippen LogP contribution in [0.4, 0.5) is 15.8 Å². The number of nitrogens with one attached hydrogen (secondary N) is 1. The number of nitrogens with zero attached hydrogens (tertiary/aromatic N) is 1.